The van der Waals surface area contributed by atoms with E-state index in [9.17, 15) is 4.79 Å². The Balaban J connectivity index is 2.30. The third kappa shape index (κ3) is 3.22. The van der Waals surface area contributed by atoms with Gasteiger partial charge in [-0.1, -0.05) is 42.8 Å². The van der Waals surface area contributed by atoms with Crippen LogP contribution in [0.3, 0.4) is 0 Å². The Kier molecular flexibility index (Phi) is 4.41. The number of anilines is 1. The summed E-state index contributed by atoms with van der Waals surface area (Å²) in [5.41, 5.74) is 2.38. The first-order valence-electron chi connectivity index (χ1n) is 6.49. The highest BCUT2D eigenvalue weighted by atomic mass is 79.9. The lowest BCUT2D eigenvalue weighted by Gasteiger charge is -2.23. The van der Waals surface area contributed by atoms with Gasteiger partial charge < -0.3 is 4.90 Å². The first-order valence-corrected chi connectivity index (χ1v) is 8.40. The van der Waals surface area contributed by atoms with Crippen molar-refractivity contribution in [2.75, 3.05) is 16.8 Å². The van der Waals surface area contributed by atoms with E-state index in [2.05, 4.69) is 70.8 Å². The molecule has 1 atom stereocenters. The molecule has 0 aliphatic carbocycles. The van der Waals surface area contributed by atoms with E-state index in [0.29, 0.717) is 12.3 Å². The predicted octanol–water partition coefficient (Wildman–Crippen LogP) is 4.49. The van der Waals surface area contributed by atoms with Gasteiger partial charge in [-0.2, -0.15) is 0 Å². The Hall–Kier alpha value is -0.350. The number of carbonyl (C=O) groups excluding carboxylic acids is 1. The first kappa shape index (κ1) is 15.0. The van der Waals surface area contributed by atoms with Crippen LogP contribution in [0.25, 0.3) is 0 Å². The largest absolute Gasteiger partial charge is 0.311 e. The SMILES string of the molecule is CC(C)(C)c1ccc(N2CC(CBr)CC2=O)c(Br)c1. The van der Waals surface area contributed by atoms with Gasteiger partial charge in [0.15, 0.2) is 0 Å². The molecule has 1 aromatic rings. The van der Waals surface area contributed by atoms with E-state index in [1.807, 2.05) is 4.90 Å². The van der Waals surface area contributed by atoms with Gasteiger partial charge in [-0.05, 0) is 45.0 Å². The topological polar surface area (TPSA) is 20.3 Å². The first-order chi connectivity index (χ1) is 8.82. The van der Waals surface area contributed by atoms with Gasteiger partial charge in [0.1, 0.15) is 0 Å². The number of carbonyl (C=O) groups is 1. The highest BCUT2D eigenvalue weighted by molar-refractivity contribution is 9.10. The molecule has 0 aromatic heterocycles. The van der Waals surface area contributed by atoms with Crippen LogP contribution in [0.15, 0.2) is 22.7 Å². The van der Waals surface area contributed by atoms with Gasteiger partial charge in [-0.3, -0.25) is 4.79 Å². The van der Waals surface area contributed by atoms with Crippen molar-refractivity contribution in [3.8, 4) is 0 Å². The van der Waals surface area contributed by atoms with Crippen molar-refractivity contribution in [3.05, 3.63) is 28.2 Å². The van der Waals surface area contributed by atoms with Crippen LogP contribution in [0.1, 0.15) is 32.8 Å². The Morgan fingerprint density at radius 3 is 2.53 bits per heavy atom. The summed E-state index contributed by atoms with van der Waals surface area (Å²) in [5, 5.41) is 0.882. The Labute approximate surface area is 131 Å². The smallest absolute Gasteiger partial charge is 0.227 e. The molecule has 2 rings (SSSR count). The maximum Gasteiger partial charge on any atom is 0.227 e. The molecule has 1 amide bonds. The molecular formula is C15H19Br2NO. The molecule has 1 unspecified atom stereocenters. The lowest BCUT2D eigenvalue weighted by Crippen LogP contribution is -2.25. The zero-order valence-electron chi connectivity index (χ0n) is 11.5. The molecule has 0 spiro atoms. The number of rotatable bonds is 2. The fraction of sp³-hybridized carbons (Fsp3) is 0.533. The van der Waals surface area contributed by atoms with E-state index in [1.165, 1.54) is 5.56 Å². The standard InChI is InChI=1S/C15H19Br2NO/c1-15(2,3)11-4-5-13(12(17)7-11)18-9-10(8-16)6-14(18)19/h4-5,7,10H,6,8-9H2,1-3H3. The maximum absolute atomic E-state index is 12.1. The van der Waals surface area contributed by atoms with E-state index in [4.69, 9.17) is 0 Å². The second kappa shape index (κ2) is 5.57. The molecular weight excluding hydrogens is 370 g/mol. The van der Waals surface area contributed by atoms with Crippen LogP contribution in [0.5, 0.6) is 0 Å². The van der Waals surface area contributed by atoms with Crippen LogP contribution in [-0.4, -0.2) is 17.8 Å². The molecule has 0 N–H and O–H groups in total. The Morgan fingerprint density at radius 2 is 2.05 bits per heavy atom. The fourth-order valence-electron chi connectivity index (χ4n) is 2.31. The van der Waals surface area contributed by atoms with Gasteiger partial charge in [0.2, 0.25) is 5.91 Å². The van der Waals surface area contributed by atoms with Gasteiger partial charge in [-0.25, -0.2) is 0 Å². The number of nitrogens with zero attached hydrogens (tertiary/aromatic N) is 1. The number of benzene rings is 1. The number of hydrogen-bond donors (Lipinski definition) is 0. The van der Waals surface area contributed by atoms with Crippen LogP contribution in [0.2, 0.25) is 0 Å². The van der Waals surface area contributed by atoms with Crippen molar-refractivity contribution < 1.29 is 4.79 Å². The van der Waals surface area contributed by atoms with Crippen molar-refractivity contribution in [2.24, 2.45) is 5.92 Å². The van der Waals surface area contributed by atoms with Crippen LogP contribution < -0.4 is 4.90 Å². The summed E-state index contributed by atoms with van der Waals surface area (Å²) in [6, 6.07) is 6.30. The molecule has 0 saturated carbocycles. The summed E-state index contributed by atoms with van der Waals surface area (Å²) in [5.74, 6) is 0.635. The number of alkyl halides is 1. The molecule has 1 aromatic carbocycles. The molecule has 1 fully saturated rings. The number of halogens is 2. The average molecular weight is 389 g/mol. The Morgan fingerprint density at radius 1 is 1.37 bits per heavy atom. The van der Waals surface area contributed by atoms with Crippen molar-refractivity contribution in [1.82, 2.24) is 0 Å². The Bertz CT molecular complexity index is 493. The third-order valence-corrected chi connectivity index (χ3v) is 5.08. The van der Waals surface area contributed by atoms with Crippen molar-refractivity contribution in [1.29, 1.82) is 0 Å². The van der Waals surface area contributed by atoms with Gasteiger partial charge in [-0.15, -0.1) is 0 Å². The van der Waals surface area contributed by atoms with Crippen molar-refractivity contribution in [2.45, 2.75) is 32.6 Å². The van der Waals surface area contributed by atoms with Gasteiger partial charge in [0, 0.05) is 22.8 Å². The monoisotopic (exact) mass is 387 g/mol. The summed E-state index contributed by atoms with van der Waals surface area (Å²) in [6.45, 7) is 7.38. The van der Waals surface area contributed by atoms with E-state index in [0.717, 1.165) is 22.0 Å². The molecule has 0 bridgehead atoms. The molecule has 1 heterocycles. The lowest BCUT2D eigenvalue weighted by atomic mass is 9.87. The third-order valence-electron chi connectivity index (χ3n) is 3.53. The highest BCUT2D eigenvalue weighted by Crippen LogP contribution is 2.35. The minimum Gasteiger partial charge on any atom is -0.311 e. The second-order valence-electron chi connectivity index (χ2n) is 6.14. The van der Waals surface area contributed by atoms with Crippen molar-refractivity contribution in [3.63, 3.8) is 0 Å². The van der Waals surface area contributed by atoms with Crippen LogP contribution in [0, 0.1) is 5.92 Å². The lowest BCUT2D eigenvalue weighted by molar-refractivity contribution is -0.117. The van der Waals surface area contributed by atoms with Crippen LogP contribution >= 0.6 is 31.9 Å². The molecule has 0 radical (unpaired) electrons. The summed E-state index contributed by atoms with van der Waals surface area (Å²) >= 11 is 7.08. The maximum atomic E-state index is 12.1. The predicted molar refractivity (Wildman–Crippen MR) is 87.1 cm³/mol. The fourth-order valence-corrected chi connectivity index (χ4v) is 3.34. The molecule has 104 valence electrons. The zero-order valence-corrected chi connectivity index (χ0v) is 14.7. The normalized spacial score (nSPS) is 20.2. The molecule has 19 heavy (non-hydrogen) atoms. The zero-order chi connectivity index (χ0) is 14.2. The summed E-state index contributed by atoms with van der Waals surface area (Å²) in [4.78, 5) is 14.0. The minimum absolute atomic E-state index is 0.120. The molecule has 1 aliphatic rings. The van der Waals surface area contributed by atoms with E-state index in [1.54, 1.807) is 0 Å². The molecule has 4 heteroatoms. The van der Waals surface area contributed by atoms with Gasteiger partial charge >= 0.3 is 0 Å². The van der Waals surface area contributed by atoms with Crippen molar-refractivity contribution >= 4 is 43.5 Å². The number of hydrogen-bond acceptors (Lipinski definition) is 1. The molecule has 1 saturated heterocycles. The quantitative estimate of drug-likeness (QED) is 0.683. The number of amides is 1. The molecule has 1 aliphatic heterocycles. The summed E-state index contributed by atoms with van der Waals surface area (Å²) in [7, 11) is 0. The second-order valence-corrected chi connectivity index (χ2v) is 7.65. The van der Waals surface area contributed by atoms with E-state index in [-0.39, 0.29) is 11.3 Å². The van der Waals surface area contributed by atoms with E-state index >= 15 is 0 Å². The van der Waals surface area contributed by atoms with Crippen LogP contribution in [-0.2, 0) is 10.2 Å². The van der Waals surface area contributed by atoms with Crippen LogP contribution in [0.4, 0.5) is 5.69 Å². The summed E-state index contributed by atoms with van der Waals surface area (Å²) < 4.78 is 1.00. The minimum atomic E-state index is 0.120. The highest BCUT2D eigenvalue weighted by Gasteiger charge is 2.31. The average Bonchev–Trinajstić information content (AvgIpc) is 2.69. The van der Waals surface area contributed by atoms with Gasteiger partial charge in [0.05, 0.1) is 5.69 Å². The van der Waals surface area contributed by atoms with E-state index < -0.39 is 0 Å². The van der Waals surface area contributed by atoms with Gasteiger partial charge in [0.25, 0.3) is 0 Å². The summed E-state index contributed by atoms with van der Waals surface area (Å²) in [6.07, 6.45) is 0.638. The molecule has 2 nitrogen and oxygen atoms in total.